The average molecular weight is 404 g/mol. The number of hydrogen-bond acceptors (Lipinski definition) is 4. The summed E-state index contributed by atoms with van der Waals surface area (Å²) < 4.78 is 57.5. The normalized spacial score (nSPS) is 16.9. The Bertz CT molecular complexity index is 949. The molecule has 142 valence electrons. The number of hydrogen-bond donors (Lipinski definition) is 1. The van der Waals surface area contributed by atoms with Gasteiger partial charge in [-0.15, -0.1) is 0 Å². The number of rotatable bonds is 5. The third kappa shape index (κ3) is 3.70. The van der Waals surface area contributed by atoms with Crippen molar-refractivity contribution in [2.24, 2.45) is 0 Å². The molecule has 0 unspecified atom stereocenters. The molecule has 0 radical (unpaired) electrons. The van der Waals surface area contributed by atoms with Crippen LogP contribution in [0.1, 0.15) is 6.92 Å². The van der Waals surface area contributed by atoms with Gasteiger partial charge >= 0.3 is 0 Å². The zero-order valence-corrected chi connectivity index (χ0v) is 15.9. The number of halogens is 2. The molecular weight excluding hydrogens is 384 g/mol. The lowest BCUT2D eigenvalue weighted by molar-refractivity contribution is -0.926. The van der Waals surface area contributed by atoms with Crippen LogP contribution in [-0.4, -0.2) is 53.2 Å². The molecule has 1 aromatic carbocycles. The maximum Gasteiger partial charge on any atom is 0.246 e. The van der Waals surface area contributed by atoms with Crippen molar-refractivity contribution >= 4 is 22.2 Å². The predicted octanol–water partition coefficient (Wildman–Crippen LogP) is 0.259. The lowest BCUT2D eigenvalue weighted by Gasteiger charge is -2.31. The highest BCUT2D eigenvalue weighted by molar-refractivity contribution is 7.89. The highest BCUT2D eigenvalue weighted by Crippen LogP contribution is 2.20. The van der Waals surface area contributed by atoms with Gasteiger partial charge in [-0.1, -0.05) is 0 Å². The summed E-state index contributed by atoms with van der Waals surface area (Å²) in [6.07, 6.45) is 1.68. The van der Waals surface area contributed by atoms with Crippen LogP contribution in [0.25, 0.3) is 0 Å². The molecule has 0 aliphatic carbocycles. The van der Waals surface area contributed by atoms with Crippen molar-refractivity contribution in [3.05, 3.63) is 40.9 Å². The molecule has 1 N–H and O–H groups in total. The second-order valence-electron chi connectivity index (χ2n) is 6.09. The SMILES string of the molecule is CCn1cnn(C[NH+]2CCN(S(=O)(=O)c3ccc(F)cc3F)CC2)c1=S. The molecule has 7 nitrogen and oxygen atoms in total. The molecule has 1 aliphatic heterocycles. The van der Waals surface area contributed by atoms with E-state index < -0.39 is 26.6 Å². The van der Waals surface area contributed by atoms with E-state index in [4.69, 9.17) is 12.2 Å². The second kappa shape index (κ2) is 7.51. The van der Waals surface area contributed by atoms with Gasteiger partial charge in [0.05, 0.1) is 26.2 Å². The van der Waals surface area contributed by atoms with Crippen LogP contribution in [0.4, 0.5) is 8.78 Å². The van der Waals surface area contributed by atoms with Crippen LogP contribution in [0.15, 0.2) is 29.4 Å². The lowest BCUT2D eigenvalue weighted by atomic mass is 10.3. The summed E-state index contributed by atoms with van der Waals surface area (Å²) in [6, 6.07) is 2.50. The maximum absolute atomic E-state index is 13.9. The van der Waals surface area contributed by atoms with E-state index in [-0.39, 0.29) is 13.1 Å². The molecule has 0 amide bonds. The number of aryl methyl sites for hydroxylation is 1. The molecule has 26 heavy (non-hydrogen) atoms. The number of quaternary nitrogens is 1. The van der Waals surface area contributed by atoms with Crippen molar-refractivity contribution in [3.8, 4) is 0 Å². The fourth-order valence-corrected chi connectivity index (χ4v) is 4.71. The lowest BCUT2D eigenvalue weighted by Crippen LogP contribution is -3.14. The quantitative estimate of drug-likeness (QED) is 0.727. The Labute approximate surface area is 155 Å². The second-order valence-corrected chi connectivity index (χ2v) is 8.36. The van der Waals surface area contributed by atoms with Gasteiger partial charge in [-0.25, -0.2) is 17.2 Å². The highest BCUT2D eigenvalue weighted by Gasteiger charge is 2.32. The molecule has 1 fully saturated rings. The molecule has 11 heteroatoms. The van der Waals surface area contributed by atoms with Crippen molar-refractivity contribution in [1.29, 1.82) is 0 Å². The van der Waals surface area contributed by atoms with Crippen molar-refractivity contribution in [2.75, 3.05) is 26.2 Å². The summed E-state index contributed by atoms with van der Waals surface area (Å²) in [4.78, 5) is 0.639. The summed E-state index contributed by atoms with van der Waals surface area (Å²) in [5.74, 6) is -1.88. The Morgan fingerprint density at radius 3 is 2.54 bits per heavy atom. The summed E-state index contributed by atoms with van der Waals surface area (Å²) >= 11 is 5.34. The van der Waals surface area contributed by atoms with Crippen LogP contribution in [-0.2, 0) is 23.2 Å². The smallest absolute Gasteiger partial charge is 0.246 e. The zero-order chi connectivity index (χ0) is 18.9. The minimum Gasteiger partial charge on any atom is -0.314 e. The molecule has 2 aromatic rings. The van der Waals surface area contributed by atoms with Crippen molar-refractivity contribution in [3.63, 3.8) is 0 Å². The van der Waals surface area contributed by atoms with E-state index in [0.717, 1.165) is 23.6 Å². The number of piperazine rings is 1. The van der Waals surface area contributed by atoms with Gasteiger partial charge in [-0.05, 0) is 31.3 Å². The van der Waals surface area contributed by atoms with Crippen molar-refractivity contribution in [2.45, 2.75) is 25.0 Å². The van der Waals surface area contributed by atoms with Crippen LogP contribution >= 0.6 is 12.2 Å². The zero-order valence-electron chi connectivity index (χ0n) is 14.2. The topological polar surface area (TPSA) is 64.6 Å². The van der Waals surface area contributed by atoms with E-state index in [1.165, 1.54) is 4.31 Å². The van der Waals surface area contributed by atoms with Gasteiger partial charge in [0, 0.05) is 12.6 Å². The fraction of sp³-hybridized carbons (Fsp3) is 0.467. The van der Waals surface area contributed by atoms with Gasteiger partial charge in [0.15, 0.2) is 6.67 Å². The number of nitrogens with zero attached hydrogens (tertiary/aromatic N) is 4. The monoisotopic (exact) mass is 404 g/mol. The van der Waals surface area contributed by atoms with E-state index in [0.29, 0.717) is 30.6 Å². The first kappa shape index (κ1) is 19.1. The van der Waals surface area contributed by atoms with Gasteiger partial charge in [-0.2, -0.15) is 14.1 Å². The molecular formula is C15H20F2N5O2S2+. The molecule has 1 saturated heterocycles. The Balaban J connectivity index is 1.67. The number of benzene rings is 1. The molecule has 1 aliphatic rings. The number of sulfonamides is 1. The van der Waals surface area contributed by atoms with Gasteiger partial charge in [0.1, 0.15) is 22.9 Å². The van der Waals surface area contributed by atoms with E-state index in [1.807, 2.05) is 11.5 Å². The molecule has 0 bridgehead atoms. The molecule has 0 spiro atoms. The maximum atomic E-state index is 13.9. The van der Waals surface area contributed by atoms with E-state index >= 15 is 0 Å². The third-order valence-electron chi connectivity index (χ3n) is 4.45. The predicted molar refractivity (Wildman–Crippen MR) is 92.5 cm³/mol. The molecule has 0 atom stereocenters. The summed E-state index contributed by atoms with van der Waals surface area (Å²) in [7, 11) is -3.98. The number of aromatic nitrogens is 3. The van der Waals surface area contributed by atoms with Crippen LogP contribution < -0.4 is 4.90 Å². The Morgan fingerprint density at radius 2 is 1.96 bits per heavy atom. The van der Waals surface area contributed by atoms with Gasteiger partial charge in [-0.3, -0.25) is 0 Å². The van der Waals surface area contributed by atoms with E-state index in [2.05, 4.69) is 5.10 Å². The largest absolute Gasteiger partial charge is 0.314 e. The van der Waals surface area contributed by atoms with Gasteiger partial charge in [0.25, 0.3) is 0 Å². The molecule has 3 rings (SSSR count). The summed E-state index contributed by atoms with van der Waals surface area (Å²) in [5, 5.41) is 4.25. The first-order valence-electron chi connectivity index (χ1n) is 8.24. The standard InChI is InChI=1S/C15H19F2N5O2S2/c1-2-20-10-18-22(15(20)25)11-19-5-7-21(8-6-19)26(23,24)14-4-3-12(16)9-13(14)17/h3-4,9-10H,2,5-8,11H2,1H3/p+1. The minimum atomic E-state index is -3.98. The number of nitrogens with one attached hydrogen (secondary N) is 1. The highest BCUT2D eigenvalue weighted by atomic mass is 32.2. The fourth-order valence-electron chi connectivity index (χ4n) is 2.93. The van der Waals surface area contributed by atoms with E-state index in [9.17, 15) is 17.2 Å². The first-order chi connectivity index (χ1) is 12.3. The Kier molecular flexibility index (Phi) is 5.51. The minimum absolute atomic E-state index is 0.246. The molecule has 1 aromatic heterocycles. The Morgan fingerprint density at radius 1 is 1.27 bits per heavy atom. The van der Waals surface area contributed by atoms with Crippen LogP contribution in [0.2, 0.25) is 0 Å². The van der Waals surface area contributed by atoms with Gasteiger partial charge < -0.3 is 9.47 Å². The van der Waals surface area contributed by atoms with Crippen LogP contribution in [0, 0.1) is 16.4 Å². The molecule has 0 saturated carbocycles. The van der Waals surface area contributed by atoms with Gasteiger partial charge in [0.2, 0.25) is 14.8 Å². The van der Waals surface area contributed by atoms with Crippen molar-refractivity contribution in [1.82, 2.24) is 18.7 Å². The van der Waals surface area contributed by atoms with Crippen LogP contribution in [0.5, 0.6) is 0 Å². The summed E-state index contributed by atoms with van der Waals surface area (Å²) in [5.41, 5.74) is 0. The average Bonchev–Trinajstić information content (AvgIpc) is 2.95. The van der Waals surface area contributed by atoms with Crippen molar-refractivity contribution < 1.29 is 22.1 Å². The Hall–Kier alpha value is -1.69. The first-order valence-corrected chi connectivity index (χ1v) is 10.1. The summed E-state index contributed by atoms with van der Waals surface area (Å²) in [6.45, 7) is 4.85. The molecule has 2 heterocycles. The third-order valence-corrected chi connectivity index (χ3v) is 6.83. The van der Waals surface area contributed by atoms with E-state index in [1.54, 1.807) is 11.0 Å². The van der Waals surface area contributed by atoms with Crippen LogP contribution in [0.3, 0.4) is 0 Å².